The summed E-state index contributed by atoms with van der Waals surface area (Å²) in [6.45, 7) is 3.83. The number of hydrogen-bond acceptors (Lipinski definition) is 11. The van der Waals surface area contributed by atoms with E-state index in [1.165, 1.54) is 37.5 Å². The first-order chi connectivity index (χ1) is 17.3. The third-order valence-corrected chi connectivity index (χ3v) is 8.05. The molecular formula is C21H27ClN8O5S. The number of sulfonamides is 1. The van der Waals surface area contributed by atoms with Crippen molar-refractivity contribution in [2.24, 2.45) is 0 Å². The number of halogens is 1. The molecule has 1 fully saturated rings. The van der Waals surface area contributed by atoms with Crippen molar-refractivity contribution in [3.8, 4) is 17.4 Å². The van der Waals surface area contributed by atoms with Crippen LogP contribution in [0.15, 0.2) is 18.7 Å². The normalized spacial score (nSPS) is 17.9. The van der Waals surface area contributed by atoms with Gasteiger partial charge in [-0.05, 0) is 26.2 Å². The largest absolute Gasteiger partial charge is 0.479 e. The van der Waals surface area contributed by atoms with Crippen molar-refractivity contribution < 1.29 is 22.6 Å². The van der Waals surface area contributed by atoms with E-state index in [-0.39, 0.29) is 23.4 Å². The molecule has 3 atom stereocenters. The maximum Gasteiger partial charge on any atom is 0.245 e. The minimum absolute atomic E-state index is 0.0818. The van der Waals surface area contributed by atoms with E-state index in [1.807, 2.05) is 0 Å². The Kier molecular flexibility index (Phi) is 7.85. The van der Waals surface area contributed by atoms with Gasteiger partial charge in [-0.25, -0.2) is 18.4 Å². The molecule has 194 valence electrons. The van der Waals surface area contributed by atoms with Crippen LogP contribution < -0.4 is 14.2 Å². The lowest BCUT2D eigenvalue weighted by Crippen LogP contribution is -2.31. The highest BCUT2D eigenvalue weighted by Gasteiger charge is 2.34. The molecule has 0 unspecified atom stereocenters. The SMILES string of the molecule is COc1ncnc(OC)c1-n1c(NS(=O)(=O)[C@@H](C)[C@H](C)c2ncc(Cl)cn2)nnc1[C@@H]1CCCCO1. The zero-order valence-corrected chi connectivity index (χ0v) is 21.8. The molecule has 0 aromatic carbocycles. The smallest absolute Gasteiger partial charge is 0.245 e. The summed E-state index contributed by atoms with van der Waals surface area (Å²) in [6, 6.07) is 0. The summed E-state index contributed by atoms with van der Waals surface area (Å²) < 4.78 is 47.8. The van der Waals surface area contributed by atoms with Crippen LogP contribution in [-0.2, 0) is 14.8 Å². The lowest BCUT2D eigenvalue weighted by molar-refractivity contribution is 0.00837. The predicted molar refractivity (Wildman–Crippen MR) is 130 cm³/mol. The minimum atomic E-state index is -4.01. The van der Waals surface area contributed by atoms with Crippen LogP contribution in [0.25, 0.3) is 5.69 Å². The van der Waals surface area contributed by atoms with Crippen molar-refractivity contribution in [2.75, 3.05) is 25.5 Å². The van der Waals surface area contributed by atoms with Gasteiger partial charge in [-0.3, -0.25) is 9.29 Å². The van der Waals surface area contributed by atoms with Crippen LogP contribution in [0.5, 0.6) is 11.8 Å². The Balaban J connectivity index is 1.77. The van der Waals surface area contributed by atoms with Crippen LogP contribution in [0.4, 0.5) is 5.95 Å². The second-order valence-corrected chi connectivity index (χ2v) is 10.7. The van der Waals surface area contributed by atoms with Crippen LogP contribution in [0.1, 0.15) is 56.8 Å². The molecule has 36 heavy (non-hydrogen) atoms. The quantitative estimate of drug-likeness (QED) is 0.427. The molecular weight excluding hydrogens is 512 g/mol. The molecule has 0 radical (unpaired) electrons. The molecule has 1 saturated heterocycles. The molecule has 1 aliphatic rings. The third-order valence-electron chi connectivity index (χ3n) is 6.00. The zero-order chi connectivity index (χ0) is 25.9. The van der Waals surface area contributed by atoms with E-state index in [1.54, 1.807) is 13.8 Å². The van der Waals surface area contributed by atoms with Crippen LogP contribution in [0, 0.1) is 0 Å². The van der Waals surface area contributed by atoms with E-state index >= 15 is 0 Å². The van der Waals surface area contributed by atoms with Gasteiger partial charge in [0.15, 0.2) is 11.5 Å². The second kappa shape index (κ2) is 10.9. The standard InChI is InChI=1S/C21H27ClN8O5S/c1-12(17-23-9-14(22)10-24-17)13(2)36(31,32)29-21-28-27-18(15-7-5-6-8-35-15)30(21)16-19(33-3)25-11-26-20(16)34-4/h9-13,15H,5-8H2,1-4H3,(H,28,29)/t12-,13-,15-/m0/s1. The van der Waals surface area contributed by atoms with Gasteiger partial charge in [-0.1, -0.05) is 18.5 Å². The van der Waals surface area contributed by atoms with Gasteiger partial charge >= 0.3 is 0 Å². The van der Waals surface area contributed by atoms with E-state index in [0.717, 1.165) is 12.8 Å². The van der Waals surface area contributed by atoms with Crippen molar-refractivity contribution in [3.63, 3.8) is 0 Å². The van der Waals surface area contributed by atoms with Gasteiger partial charge in [0.05, 0.1) is 24.5 Å². The molecule has 4 heterocycles. The highest BCUT2D eigenvalue weighted by atomic mass is 35.5. The van der Waals surface area contributed by atoms with E-state index < -0.39 is 27.3 Å². The molecule has 3 aromatic heterocycles. The van der Waals surface area contributed by atoms with Crippen molar-refractivity contribution in [1.29, 1.82) is 0 Å². The number of hydrogen-bond donors (Lipinski definition) is 1. The first-order valence-electron chi connectivity index (χ1n) is 11.3. The Bertz CT molecular complexity index is 1280. The molecule has 3 aromatic rings. The summed E-state index contributed by atoms with van der Waals surface area (Å²) in [4.78, 5) is 16.6. The summed E-state index contributed by atoms with van der Waals surface area (Å²) in [6.07, 6.45) is 6.24. The van der Waals surface area contributed by atoms with Gasteiger partial charge in [-0.15, -0.1) is 10.2 Å². The van der Waals surface area contributed by atoms with Crippen molar-refractivity contribution in [3.05, 3.63) is 35.4 Å². The molecule has 15 heteroatoms. The molecule has 13 nitrogen and oxygen atoms in total. The molecule has 0 saturated carbocycles. The number of ether oxygens (including phenoxy) is 3. The first kappa shape index (κ1) is 26.0. The Hall–Kier alpha value is -3.10. The number of methoxy groups -OCH3 is 2. The van der Waals surface area contributed by atoms with E-state index in [2.05, 4.69) is 34.9 Å². The van der Waals surface area contributed by atoms with Crippen molar-refractivity contribution in [1.82, 2.24) is 34.7 Å². The average molecular weight is 539 g/mol. The Morgan fingerprint density at radius 3 is 2.33 bits per heavy atom. The number of rotatable bonds is 9. The summed E-state index contributed by atoms with van der Waals surface area (Å²) in [5, 5.41) is 7.86. The van der Waals surface area contributed by atoms with Gasteiger partial charge in [-0.2, -0.15) is 9.97 Å². The van der Waals surface area contributed by atoms with Gasteiger partial charge in [0.1, 0.15) is 18.3 Å². The van der Waals surface area contributed by atoms with Crippen molar-refractivity contribution in [2.45, 2.75) is 50.4 Å². The summed E-state index contributed by atoms with van der Waals surface area (Å²) in [7, 11) is -1.13. The van der Waals surface area contributed by atoms with E-state index in [4.69, 9.17) is 25.8 Å². The number of aromatic nitrogens is 7. The average Bonchev–Trinajstić information content (AvgIpc) is 3.30. The molecule has 0 bridgehead atoms. The third kappa shape index (κ3) is 5.20. The highest BCUT2D eigenvalue weighted by Crippen LogP contribution is 2.37. The highest BCUT2D eigenvalue weighted by molar-refractivity contribution is 7.93. The molecule has 0 spiro atoms. The van der Waals surface area contributed by atoms with Gasteiger partial charge in [0.2, 0.25) is 27.7 Å². The van der Waals surface area contributed by atoms with Crippen molar-refractivity contribution >= 4 is 27.6 Å². The Morgan fingerprint density at radius 2 is 1.75 bits per heavy atom. The van der Waals surface area contributed by atoms with Crippen LogP contribution in [-0.4, -0.2) is 69.2 Å². The van der Waals surface area contributed by atoms with Gasteiger partial charge in [0, 0.05) is 24.9 Å². The molecule has 0 aliphatic carbocycles. The fourth-order valence-electron chi connectivity index (χ4n) is 3.83. The van der Waals surface area contributed by atoms with Gasteiger partial charge < -0.3 is 14.2 Å². The van der Waals surface area contributed by atoms with Gasteiger partial charge in [0.25, 0.3) is 0 Å². The summed E-state index contributed by atoms with van der Waals surface area (Å²) in [5.41, 5.74) is 0.246. The maximum absolute atomic E-state index is 13.5. The summed E-state index contributed by atoms with van der Waals surface area (Å²) in [5.74, 6) is 0.378. The fraction of sp³-hybridized carbons (Fsp3) is 0.524. The fourth-order valence-corrected chi connectivity index (χ4v) is 5.16. The maximum atomic E-state index is 13.5. The molecule has 4 rings (SSSR count). The molecule has 1 aliphatic heterocycles. The first-order valence-corrected chi connectivity index (χ1v) is 13.2. The number of anilines is 1. The van der Waals surface area contributed by atoms with Crippen LogP contribution in [0.2, 0.25) is 5.02 Å². The number of nitrogens with zero attached hydrogens (tertiary/aromatic N) is 7. The molecule has 1 N–H and O–H groups in total. The van der Waals surface area contributed by atoms with Crippen LogP contribution in [0.3, 0.4) is 0 Å². The van der Waals surface area contributed by atoms with Crippen LogP contribution >= 0.6 is 11.6 Å². The Labute approximate surface area is 213 Å². The minimum Gasteiger partial charge on any atom is -0.479 e. The lowest BCUT2D eigenvalue weighted by Gasteiger charge is -2.24. The lowest BCUT2D eigenvalue weighted by atomic mass is 10.1. The Morgan fingerprint density at radius 1 is 1.08 bits per heavy atom. The second-order valence-electron chi connectivity index (χ2n) is 8.21. The zero-order valence-electron chi connectivity index (χ0n) is 20.3. The predicted octanol–water partition coefficient (Wildman–Crippen LogP) is 2.69. The molecule has 0 amide bonds. The monoisotopic (exact) mass is 538 g/mol. The summed E-state index contributed by atoms with van der Waals surface area (Å²) >= 11 is 5.87. The topological polar surface area (TPSA) is 156 Å². The number of nitrogens with one attached hydrogen (secondary N) is 1. The van der Waals surface area contributed by atoms with E-state index in [0.29, 0.717) is 29.7 Å². The van der Waals surface area contributed by atoms with E-state index in [9.17, 15) is 8.42 Å².